The van der Waals surface area contributed by atoms with E-state index in [2.05, 4.69) is 20.4 Å². The standard InChI is InChI=1S/C23H21N3O4S/c1-30-22(28)15-25-20(27)14-16-5-9-18(10-6-16)26-23(29)17-7-11-19(12-8-17)31-21-4-2-3-13-24-21/h2-13H,14-15H2,1H3,(H,25,27)(H,26,29). The smallest absolute Gasteiger partial charge is 0.325 e. The van der Waals surface area contributed by atoms with Crippen molar-refractivity contribution in [3.05, 3.63) is 84.1 Å². The maximum Gasteiger partial charge on any atom is 0.325 e. The van der Waals surface area contributed by atoms with E-state index in [0.717, 1.165) is 15.5 Å². The second-order valence-corrected chi connectivity index (χ2v) is 7.57. The molecule has 0 spiro atoms. The topological polar surface area (TPSA) is 97.4 Å². The molecule has 0 radical (unpaired) electrons. The number of nitrogens with zero attached hydrogens (tertiary/aromatic N) is 1. The summed E-state index contributed by atoms with van der Waals surface area (Å²) in [5, 5.41) is 6.20. The molecule has 2 aromatic carbocycles. The van der Waals surface area contributed by atoms with E-state index in [1.807, 2.05) is 30.3 Å². The summed E-state index contributed by atoms with van der Waals surface area (Å²) in [6.45, 7) is -0.164. The Bertz CT molecular complexity index is 1040. The third-order valence-corrected chi connectivity index (χ3v) is 5.17. The number of nitrogens with one attached hydrogen (secondary N) is 2. The van der Waals surface area contributed by atoms with Crippen molar-refractivity contribution in [3.63, 3.8) is 0 Å². The van der Waals surface area contributed by atoms with E-state index in [-0.39, 0.29) is 24.8 Å². The molecule has 1 aromatic heterocycles. The van der Waals surface area contributed by atoms with Crippen LogP contribution in [0.5, 0.6) is 0 Å². The highest BCUT2D eigenvalue weighted by Crippen LogP contribution is 2.25. The maximum absolute atomic E-state index is 12.5. The third kappa shape index (κ3) is 6.97. The second kappa shape index (κ2) is 10.9. The molecule has 0 saturated carbocycles. The second-order valence-electron chi connectivity index (χ2n) is 6.48. The lowest BCUT2D eigenvalue weighted by Crippen LogP contribution is -2.31. The average molecular weight is 436 g/mol. The van der Waals surface area contributed by atoms with Crippen LogP contribution in [0.15, 0.2) is 82.8 Å². The van der Waals surface area contributed by atoms with Crippen LogP contribution in [-0.2, 0) is 20.7 Å². The Morgan fingerprint density at radius 2 is 1.71 bits per heavy atom. The lowest BCUT2D eigenvalue weighted by molar-refractivity contribution is -0.141. The fourth-order valence-corrected chi connectivity index (χ4v) is 3.38. The van der Waals surface area contributed by atoms with Crippen molar-refractivity contribution >= 4 is 35.2 Å². The summed E-state index contributed by atoms with van der Waals surface area (Å²) in [6, 6.07) is 20.0. The van der Waals surface area contributed by atoms with Crippen LogP contribution in [0.3, 0.4) is 0 Å². The fraction of sp³-hybridized carbons (Fsp3) is 0.130. The average Bonchev–Trinajstić information content (AvgIpc) is 2.80. The molecule has 0 fully saturated rings. The van der Waals surface area contributed by atoms with E-state index in [9.17, 15) is 14.4 Å². The molecule has 1 heterocycles. The Hall–Kier alpha value is -3.65. The minimum atomic E-state index is -0.505. The lowest BCUT2D eigenvalue weighted by Gasteiger charge is -2.08. The van der Waals surface area contributed by atoms with Gasteiger partial charge < -0.3 is 15.4 Å². The molecule has 2 amide bonds. The summed E-state index contributed by atoms with van der Waals surface area (Å²) in [5.74, 6) is -1.02. The number of carbonyl (C=O) groups is 3. The molecule has 0 bridgehead atoms. The summed E-state index contributed by atoms with van der Waals surface area (Å²) >= 11 is 1.52. The first-order chi connectivity index (χ1) is 15.0. The number of methoxy groups -OCH3 is 1. The number of benzene rings is 2. The zero-order valence-electron chi connectivity index (χ0n) is 16.8. The molecule has 0 saturated heterocycles. The van der Waals surface area contributed by atoms with Crippen LogP contribution < -0.4 is 10.6 Å². The minimum absolute atomic E-state index is 0.126. The number of aromatic nitrogens is 1. The van der Waals surface area contributed by atoms with Gasteiger partial charge in [-0.2, -0.15) is 0 Å². The quantitative estimate of drug-likeness (QED) is 0.527. The van der Waals surface area contributed by atoms with Crippen molar-refractivity contribution in [3.8, 4) is 0 Å². The Kier molecular flexibility index (Phi) is 7.78. The van der Waals surface area contributed by atoms with Crippen LogP contribution in [0.4, 0.5) is 5.69 Å². The van der Waals surface area contributed by atoms with Gasteiger partial charge in [0, 0.05) is 22.3 Å². The number of esters is 1. The van der Waals surface area contributed by atoms with Crippen molar-refractivity contribution in [2.45, 2.75) is 16.3 Å². The summed E-state index contributed by atoms with van der Waals surface area (Å²) in [7, 11) is 1.26. The number of amides is 2. The van der Waals surface area contributed by atoms with Crippen molar-refractivity contribution in [1.82, 2.24) is 10.3 Å². The van der Waals surface area contributed by atoms with Gasteiger partial charge in [-0.05, 0) is 54.1 Å². The molecule has 31 heavy (non-hydrogen) atoms. The summed E-state index contributed by atoms with van der Waals surface area (Å²) in [4.78, 5) is 40.6. The van der Waals surface area contributed by atoms with Crippen molar-refractivity contribution < 1.29 is 19.1 Å². The lowest BCUT2D eigenvalue weighted by atomic mass is 10.1. The number of pyridine rings is 1. The van der Waals surface area contributed by atoms with E-state index in [4.69, 9.17) is 0 Å². The maximum atomic E-state index is 12.5. The van der Waals surface area contributed by atoms with Gasteiger partial charge in [0.05, 0.1) is 13.5 Å². The van der Waals surface area contributed by atoms with Gasteiger partial charge in [-0.1, -0.05) is 30.0 Å². The molecule has 8 heteroatoms. The Balaban J connectivity index is 1.52. The minimum Gasteiger partial charge on any atom is -0.468 e. The first kappa shape index (κ1) is 22.0. The Labute approximate surface area is 184 Å². The molecule has 0 atom stereocenters. The zero-order valence-corrected chi connectivity index (χ0v) is 17.6. The third-order valence-electron chi connectivity index (χ3n) is 4.21. The summed E-state index contributed by atoms with van der Waals surface area (Å²) in [6.07, 6.45) is 1.87. The number of rotatable bonds is 8. The molecular formula is C23H21N3O4S. The fourth-order valence-electron chi connectivity index (χ4n) is 2.60. The SMILES string of the molecule is COC(=O)CNC(=O)Cc1ccc(NC(=O)c2ccc(Sc3ccccn3)cc2)cc1. The normalized spacial score (nSPS) is 10.2. The molecule has 3 rings (SSSR count). The molecule has 7 nitrogen and oxygen atoms in total. The van der Waals surface area contributed by atoms with Crippen LogP contribution in [0.25, 0.3) is 0 Å². The number of ether oxygens (including phenoxy) is 1. The van der Waals surface area contributed by atoms with Crippen molar-refractivity contribution in [2.75, 3.05) is 19.0 Å². The number of carbonyl (C=O) groups excluding carboxylic acids is 3. The number of hydrogen-bond acceptors (Lipinski definition) is 6. The highest BCUT2D eigenvalue weighted by atomic mass is 32.2. The first-order valence-electron chi connectivity index (χ1n) is 9.46. The van der Waals surface area contributed by atoms with Gasteiger partial charge in [-0.15, -0.1) is 0 Å². The van der Waals surface area contributed by atoms with Crippen LogP contribution >= 0.6 is 11.8 Å². The summed E-state index contributed by atoms with van der Waals surface area (Å²) < 4.78 is 4.48. The Morgan fingerprint density at radius 3 is 2.35 bits per heavy atom. The van der Waals surface area contributed by atoms with E-state index in [1.165, 1.54) is 18.9 Å². The summed E-state index contributed by atoms with van der Waals surface area (Å²) in [5.41, 5.74) is 1.92. The number of anilines is 1. The van der Waals surface area contributed by atoms with Gasteiger partial charge in [-0.25, -0.2) is 4.98 Å². The van der Waals surface area contributed by atoms with Crippen LogP contribution in [-0.4, -0.2) is 36.4 Å². The van der Waals surface area contributed by atoms with Crippen molar-refractivity contribution in [1.29, 1.82) is 0 Å². The molecule has 2 N–H and O–H groups in total. The predicted molar refractivity (Wildman–Crippen MR) is 118 cm³/mol. The molecule has 0 aliphatic heterocycles. The molecule has 3 aromatic rings. The zero-order chi connectivity index (χ0) is 22.1. The van der Waals surface area contributed by atoms with E-state index >= 15 is 0 Å². The van der Waals surface area contributed by atoms with Crippen LogP contribution in [0, 0.1) is 0 Å². The number of hydrogen-bond donors (Lipinski definition) is 2. The molecule has 0 unspecified atom stereocenters. The first-order valence-corrected chi connectivity index (χ1v) is 10.3. The van der Waals surface area contributed by atoms with Gasteiger partial charge in [-0.3, -0.25) is 14.4 Å². The predicted octanol–water partition coefficient (Wildman–Crippen LogP) is 3.32. The molecule has 158 valence electrons. The molecular weight excluding hydrogens is 414 g/mol. The van der Waals surface area contributed by atoms with Gasteiger partial charge in [0.15, 0.2) is 0 Å². The largest absolute Gasteiger partial charge is 0.468 e. The Morgan fingerprint density at radius 1 is 0.968 bits per heavy atom. The van der Waals surface area contributed by atoms with Crippen molar-refractivity contribution in [2.24, 2.45) is 0 Å². The van der Waals surface area contributed by atoms with E-state index < -0.39 is 5.97 Å². The van der Waals surface area contributed by atoms with Crippen LogP contribution in [0.1, 0.15) is 15.9 Å². The van der Waals surface area contributed by atoms with E-state index in [0.29, 0.717) is 11.3 Å². The van der Waals surface area contributed by atoms with Gasteiger partial charge >= 0.3 is 5.97 Å². The monoisotopic (exact) mass is 435 g/mol. The van der Waals surface area contributed by atoms with Gasteiger partial charge in [0.25, 0.3) is 5.91 Å². The highest BCUT2D eigenvalue weighted by Gasteiger charge is 2.09. The highest BCUT2D eigenvalue weighted by molar-refractivity contribution is 7.99. The van der Waals surface area contributed by atoms with Crippen LogP contribution in [0.2, 0.25) is 0 Å². The van der Waals surface area contributed by atoms with Gasteiger partial charge in [0.1, 0.15) is 11.6 Å². The molecule has 0 aliphatic rings. The molecule has 0 aliphatic carbocycles. The van der Waals surface area contributed by atoms with E-state index in [1.54, 1.807) is 42.6 Å². The van der Waals surface area contributed by atoms with Gasteiger partial charge in [0.2, 0.25) is 5.91 Å².